The molecule has 1 rings (SSSR count). The zero-order chi connectivity index (χ0) is 16.9. The second-order valence-electron chi connectivity index (χ2n) is 5.60. The van der Waals surface area contributed by atoms with Gasteiger partial charge in [-0.15, -0.1) is 12.3 Å². The summed E-state index contributed by atoms with van der Waals surface area (Å²) in [5.41, 5.74) is -1.24. The molecule has 0 aromatic heterocycles. The molecular formula is C16H17F2NO3. The first-order chi connectivity index (χ1) is 10.1. The molecule has 0 unspecified atom stereocenters. The number of amides is 1. The Labute approximate surface area is 127 Å². The number of hydrogen-bond acceptors (Lipinski definition) is 3. The minimum atomic E-state index is -1.20. The zero-order valence-electron chi connectivity index (χ0n) is 12.6. The van der Waals surface area contributed by atoms with Gasteiger partial charge in [0.05, 0.1) is 5.56 Å². The van der Waals surface area contributed by atoms with E-state index in [1.807, 2.05) is 0 Å². The van der Waals surface area contributed by atoms with Crippen molar-refractivity contribution in [1.29, 1.82) is 0 Å². The first-order valence-electron chi connectivity index (χ1n) is 6.56. The van der Waals surface area contributed by atoms with Gasteiger partial charge in [-0.2, -0.15) is 0 Å². The van der Waals surface area contributed by atoms with Gasteiger partial charge in [0, 0.05) is 6.42 Å². The van der Waals surface area contributed by atoms with Crippen molar-refractivity contribution in [2.45, 2.75) is 38.8 Å². The number of Topliss-reactive ketones (excluding diaryl/α,β-unsaturated/α-hetero) is 1. The fourth-order valence-electron chi connectivity index (χ4n) is 1.65. The molecule has 0 spiro atoms. The highest BCUT2D eigenvalue weighted by Gasteiger charge is 2.26. The van der Waals surface area contributed by atoms with Crippen molar-refractivity contribution in [1.82, 2.24) is 5.32 Å². The van der Waals surface area contributed by atoms with Gasteiger partial charge in [-0.1, -0.05) is 0 Å². The molecule has 1 N–H and O–H groups in total. The smallest absolute Gasteiger partial charge is 0.408 e. The van der Waals surface area contributed by atoms with Crippen LogP contribution in [0.4, 0.5) is 13.6 Å². The summed E-state index contributed by atoms with van der Waals surface area (Å²) < 4.78 is 31.8. The Kier molecular flexibility index (Phi) is 5.63. The summed E-state index contributed by atoms with van der Waals surface area (Å²) in [6.07, 6.45) is 4.12. The summed E-state index contributed by atoms with van der Waals surface area (Å²) in [5, 5.41) is 2.28. The molecule has 118 valence electrons. The van der Waals surface area contributed by atoms with Crippen molar-refractivity contribution in [3.63, 3.8) is 0 Å². The number of hydrogen-bond donors (Lipinski definition) is 1. The number of ketones is 1. The highest BCUT2D eigenvalue weighted by Crippen LogP contribution is 2.14. The van der Waals surface area contributed by atoms with Crippen LogP contribution >= 0.6 is 0 Å². The molecule has 1 aromatic rings. The first kappa shape index (κ1) is 17.6. The second kappa shape index (κ2) is 7.03. The Morgan fingerprint density at radius 1 is 1.36 bits per heavy atom. The summed E-state index contributed by atoms with van der Waals surface area (Å²) >= 11 is 0. The number of nitrogens with one attached hydrogen (secondary N) is 1. The molecule has 0 heterocycles. The maximum atomic E-state index is 13.6. The van der Waals surface area contributed by atoms with Gasteiger partial charge in [0.15, 0.2) is 5.78 Å². The Morgan fingerprint density at radius 2 is 2.00 bits per heavy atom. The van der Waals surface area contributed by atoms with Gasteiger partial charge >= 0.3 is 6.09 Å². The third-order valence-electron chi connectivity index (χ3n) is 2.52. The lowest BCUT2D eigenvalue weighted by Crippen LogP contribution is -2.43. The Hall–Kier alpha value is -2.42. The van der Waals surface area contributed by atoms with Gasteiger partial charge in [-0.05, 0) is 39.0 Å². The maximum Gasteiger partial charge on any atom is 0.408 e. The second-order valence-corrected chi connectivity index (χ2v) is 5.60. The van der Waals surface area contributed by atoms with E-state index in [9.17, 15) is 18.4 Å². The molecule has 1 atom stereocenters. The van der Waals surface area contributed by atoms with Gasteiger partial charge in [-0.3, -0.25) is 4.79 Å². The number of rotatable bonds is 4. The number of ether oxygens (including phenoxy) is 1. The van der Waals surface area contributed by atoms with Crippen LogP contribution < -0.4 is 5.32 Å². The number of terminal acetylenes is 1. The summed E-state index contributed by atoms with van der Waals surface area (Å²) in [6.45, 7) is 4.95. The van der Waals surface area contributed by atoms with E-state index in [-0.39, 0.29) is 6.42 Å². The van der Waals surface area contributed by atoms with Crippen molar-refractivity contribution >= 4 is 11.9 Å². The van der Waals surface area contributed by atoms with Crippen molar-refractivity contribution in [3.8, 4) is 12.3 Å². The molecular weight excluding hydrogens is 292 g/mol. The Balaban J connectivity index is 2.95. The van der Waals surface area contributed by atoms with E-state index in [0.717, 1.165) is 18.2 Å². The molecule has 22 heavy (non-hydrogen) atoms. The van der Waals surface area contributed by atoms with Crippen molar-refractivity contribution in [3.05, 3.63) is 35.4 Å². The van der Waals surface area contributed by atoms with Gasteiger partial charge in [-0.25, -0.2) is 13.6 Å². The fraction of sp³-hybridized carbons (Fsp3) is 0.375. The van der Waals surface area contributed by atoms with Crippen LogP contribution in [0, 0.1) is 24.0 Å². The minimum Gasteiger partial charge on any atom is -0.444 e. The lowest BCUT2D eigenvalue weighted by Gasteiger charge is -2.22. The quantitative estimate of drug-likeness (QED) is 0.687. The molecule has 0 saturated carbocycles. The molecule has 0 bridgehead atoms. The summed E-state index contributed by atoms with van der Waals surface area (Å²) in [5.74, 6) is -0.257. The molecule has 4 nitrogen and oxygen atoms in total. The number of benzene rings is 1. The SMILES string of the molecule is C#CC[C@@H](NC(=O)OC(C)(C)C)C(=O)c1cc(F)ccc1F. The van der Waals surface area contributed by atoms with Gasteiger partial charge in [0.1, 0.15) is 23.3 Å². The van der Waals surface area contributed by atoms with Gasteiger partial charge in [0.2, 0.25) is 0 Å². The molecule has 1 aromatic carbocycles. The molecule has 0 fully saturated rings. The lowest BCUT2D eigenvalue weighted by molar-refractivity contribution is 0.0492. The summed E-state index contributed by atoms with van der Waals surface area (Å²) in [4.78, 5) is 23.9. The zero-order valence-corrected chi connectivity index (χ0v) is 12.6. The highest BCUT2D eigenvalue weighted by molar-refractivity contribution is 6.01. The van der Waals surface area contributed by atoms with Crippen LogP contribution in [-0.2, 0) is 4.74 Å². The predicted molar refractivity (Wildman–Crippen MR) is 77.3 cm³/mol. The van der Waals surface area contributed by atoms with Crippen molar-refractivity contribution in [2.75, 3.05) is 0 Å². The largest absolute Gasteiger partial charge is 0.444 e. The van der Waals surface area contributed by atoms with E-state index in [4.69, 9.17) is 11.2 Å². The summed E-state index contributed by atoms with van der Waals surface area (Å²) in [6, 6.07) is 1.29. The van der Waals surface area contributed by atoms with Gasteiger partial charge in [0.25, 0.3) is 0 Å². The lowest BCUT2D eigenvalue weighted by atomic mass is 10.0. The normalized spacial score (nSPS) is 12.2. The summed E-state index contributed by atoms with van der Waals surface area (Å²) in [7, 11) is 0. The molecule has 0 aliphatic rings. The average molecular weight is 309 g/mol. The monoisotopic (exact) mass is 309 g/mol. The Bertz CT molecular complexity index is 615. The molecule has 0 saturated heterocycles. The average Bonchev–Trinajstić information content (AvgIpc) is 2.38. The van der Waals surface area contributed by atoms with E-state index >= 15 is 0 Å². The van der Waals surface area contributed by atoms with E-state index in [1.54, 1.807) is 20.8 Å². The van der Waals surface area contributed by atoms with E-state index in [2.05, 4.69) is 11.2 Å². The highest BCUT2D eigenvalue weighted by atomic mass is 19.1. The van der Waals surface area contributed by atoms with Crippen LogP contribution in [0.1, 0.15) is 37.6 Å². The Morgan fingerprint density at radius 3 is 2.55 bits per heavy atom. The van der Waals surface area contributed by atoms with Crippen LogP contribution in [-0.4, -0.2) is 23.5 Å². The van der Waals surface area contributed by atoms with Crippen LogP contribution in [0.25, 0.3) is 0 Å². The van der Waals surface area contributed by atoms with Crippen molar-refractivity contribution < 1.29 is 23.1 Å². The van der Waals surface area contributed by atoms with E-state index in [0.29, 0.717) is 0 Å². The van der Waals surface area contributed by atoms with Crippen LogP contribution in [0.15, 0.2) is 18.2 Å². The first-order valence-corrected chi connectivity index (χ1v) is 6.56. The molecule has 1 amide bonds. The molecule has 6 heteroatoms. The third-order valence-corrected chi connectivity index (χ3v) is 2.52. The van der Waals surface area contributed by atoms with Gasteiger partial charge < -0.3 is 10.1 Å². The van der Waals surface area contributed by atoms with Crippen LogP contribution in [0.5, 0.6) is 0 Å². The van der Waals surface area contributed by atoms with E-state index in [1.165, 1.54) is 0 Å². The molecule has 0 aliphatic carbocycles. The topological polar surface area (TPSA) is 55.4 Å². The minimum absolute atomic E-state index is 0.173. The fourth-order valence-corrected chi connectivity index (χ4v) is 1.65. The number of carbonyl (C=O) groups is 2. The standard InChI is InChI=1S/C16H17F2NO3/c1-5-6-13(19-15(21)22-16(2,3)4)14(20)11-9-10(17)7-8-12(11)18/h1,7-9,13H,6H2,2-4H3,(H,19,21)/t13-/m1/s1. The molecule has 0 radical (unpaired) electrons. The third kappa shape index (κ3) is 5.17. The number of carbonyl (C=O) groups excluding carboxylic acids is 2. The number of alkyl carbamates (subject to hydrolysis) is 1. The predicted octanol–water partition coefficient (Wildman–Crippen LogP) is 3.06. The van der Waals surface area contributed by atoms with Crippen molar-refractivity contribution in [2.24, 2.45) is 0 Å². The van der Waals surface area contributed by atoms with Crippen LogP contribution in [0.2, 0.25) is 0 Å². The molecule has 0 aliphatic heterocycles. The van der Waals surface area contributed by atoms with Crippen LogP contribution in [0.3, 0.4) is 0 Å². The maximum absolute atomic E-state index is 13.6. The van der Waals surface area contributed by atoms with E-state index < -0.39 is 40.7 Å². The number of halogens is 2.